The molecule has 1 aromatic heterocycles. The van der Waals surface area contributed by atoms with Crippen LogP contribution in [-0.2, 0) is 11.2 Å². The summed E-state index contributed by atoms with van der Waals surface area (Å²) < 4.78 is 5.24. The van der Waals surface area contributed by atoms with E-state index in [2.05, 4.69) is 22.7 Å². The molecule has 0 aromatic carbocycles. The van der Waals surface area contributed by atoms with Crippen molar-refractivity contribution in [1.29, 1.82) is 0 Å². The van der Waals surface area contributed by atoms with E-state index in [4.69, 9.17) is 10.6 Å². The van der Waals surface area contributed by atoms with Crippen LogP contribution >= 0.6 is 0 Å². The summed E-state index contributed by atoms with van der Waals surface area (Å²) in [6, 6.07) is 3.57. The van der Waals surface area contributed by atoms with Gasteiger partial charge in [-0.25, -0.2) is 10.8 Å². The van der Waals surface area contributed by atoms with E-state index >= 15 is 0 Å². The molecular formula is C13H20N4O2. The molecule has 0 saturated carbocycles. The summed E-state index contributed by atoms with van der Waals surface area (Å²) in [6.07, 6.45) is 2.65. The summed E-state index contributed by atoms with van der Waals surface area (Å²) in [5.74, 6) is 5.79. The zero-order chi connectivity index (χ0) is 13.7. The fourth-order valence-corrected chi connectivity index (χ4v) is 2.09. The van der Waals surface area contributed by atoms with Crippen molar-refractivity contribution in [2.45, 2.75) is 32.2 Å². The van der Waals surface area contributed by atoms with Crippen LogP contribution in [0.25, 0.3) is 0 Å². The van der Waals surface area contributed by atoms with Crippen LogP contribution in [0.2, 0.25) is 0 Å². The maximum absolute atomic E-state index is 12.2. The molecule has 1 amide bonds. The first-order chi connectivity index (χ1) is 9.22. The Hall–Kier alpha value is -1.66. The number of pyridine rings is 1. The van der Waals surface area contributed by atoms with Gasteiger partial charge in [-0.3, -0.25) is 4.79 Å². The van der Waals surface area contributed by atoms with Crippen molar-refractivity contribution in [3.8, 4) is 0 Å². The molecule has 2 rings (SSSR count). The van der Waals surface area contributed by atoms with Crippen molar-refractivity contribution < 1.29 is 9.53 Å². The largest absolute Gasteiger partial charge is 0.379 e. The van der Waals surface area contributed by atoms with E-state index in [9.17, 15) is 4.79 Å². The van der Waals surface area contributed by atoms with E-state index < -0.39 is 0 Å². The van der Waals surface area contributed by atoms with Gasteiger partial charge in [0.05, 0.1) is 12.6 Å². The van der Waals surface area contributed by atoms with Gasteiger partial charge in [0, 0.05) is 17.9 Å². The molecule has 1 aromatic rings. The first-order valence-electron chi connectivity index (χ1n) is 6.59. The number of hydrogen-bond acceptors (Lipinski definition) is 5. The monoisotopic (exact) mass is 264 g/mol. The summed E-state index contributed by atoms with van der Waals surface area (Å²) in [7, 11) is 0. The minimum absolute atomic E-state index is 0.101. The van der Waals surface area contributed by atoms with Gasteiger partial charge in [-0.1, -0.05) is 13.3 Å². The van der Waals surface area contributed by atoms with Gasteiger partial charge in [0.2, 0.25) is 0 Å². The molecular weight excluding hydrogens is 244 g/mol. The van der Waals surface area contributed by atoms with Crippen LogP contribution in [0.3, 0.4) is 0 Å². The van der Waals surface area contributed by atoms with Gasteiger partial charge >= 0.3 is 0 Å². The number of amides is 1. The number of rotatable bonds is 5. The number of nitrogens with one attached hydrogen (secondary N) is 2. The Kier molecular flexibility index (Phi) is 4.70. The third kappa shape index (κ3) is 3.65. The summed E-state index contributed by atoms with van der Waals surface area (Å²) in [5, 5.41) is 2.96. The second-order valence-corrected chi connectivity index (χ2v) is 4.66. The van der Waals surface area contributed by atoms with Crippen LogP contribution in [0, 0.1) is 0 Å². The van der Waals surface area contributed by atoms with E-state index in [1.165, 1.54) is 0 Å². The second-order valence-electron chi connectivity index (χ2n) is 4.66. The fraction of sp³-hybridized carbons (Fsp3) is 0.538. The lowest BCUT2D eigenvalue weighted by atomic mass is 10.1. The molecule has 0 aliphatic carbocycles. The smallest absolute Gasteiger partial charge is 0.251 e. The molecule has 6 heteroatoms. The van der Waals surface area contributed by atoms with Gasteiger partial charge < -0.3 is 15.5 Å². The molecule has 2 heterocycles. The molecule has 1 unspecified atom stereocenters. The standard InChI is InChI=1S/C13H20N4O2/c1-2-3-10-6-9(7-12(15-10)17-14)13(18)16-11-4-5-19-8-11/h6-7,11H,2-5,8,14H2,1H3,(H,15,17)(H,16,18). The van der Waals surface area contributed by atoms with E-state index in [1.54, 1.807) is 6.07 Å². The molecule has 1 aliphatic heterocycles. The Morgan fingerprint density at radius 3 is 3.05 bits per heavy atom. The molecule has 1 fully saturated rings. The highest BCUT2D eigenvalue weighted by Crippen LogP contribution is 2.12. The molecule has 1 saturated heterocycles. The lowest BCUT2D eigenvalue weighted by Gasteiger charge is -2.12. The lowest BCUT2D eigenvalue weighted by Crippen LogP contribution is -2.35. The van der Waals surface area contributed by atoms with Crippen molar-refractivity contribution in [2.75, 3.05) is 18.6 Å². The number of carbonyl (C=O) groups is 1. The summed E-state index contributed by atoms with van der Waals surface area (Å²) >= 11 is 0. The molecule has 0 radical (unpaired) electrons. The van der Waals surface area contributed by atoms with Crippen LogP contribution in [0.15, 0.2) is 12.1 Å². The number of aromatic nitrogens is 1. The Morgan fingerprint density at radius 2 is 2.42 bits per heavy atom. The lowest BCUT2D eigenvalue weighted by molar-refractivity contribution is 0.0929. The van der Waals surface area contributed by atoms with E-state index in [0.717, 1.165) is 25.0 Å². The summed E-state index contributed by atoms with van der Waals surface area (Å²) in [4.78, 5) is 16.5. The second kappa shape index (κ2) is 6.49. The maximum Gasteiger partial charge on any atom is 0.251 e. The first-order valence-corrected chi connectivity index (χ1v) is 6.59. The number of carbonyl (C=O) groups excluding carboxylic acids is 1. The van der Waals surface area contributed by atoms with Crippen molar-refractivity contribution in [1.82, 2.24) is 10.3 Å². The Morgan fingerprint density at radius 1 is 1.58 bits per heavy atom. The summed E-state index contributed by atoms with van der Waals surface area (Å²) in [5.41, 5.74) is 3.95. The third-order valence-electron chi connectivity index (χ3n) is 3.06. The number of hydrogen-bond donors (Lipinski definition) is 3. The predicted octanol–water partition coefficient (Wildman–Crippen LogP) is 0.838. The van der Waals surface area contributed by atoms with Crippen LogP contribution in [-0.4, -0.2) is 30.1 Å². The molecule has 1 atom stereocenters. The average Bonchev–Trinajstić information content (AvgIpc) is 2.91. The van der Waals surface area contributed by atoms with E-state index in [0.29, 0.717) is 24.6 Å². The third-order valence-corrected chi connectivity index (χ3v) is 3.06. The molecule has 4 N–H and O–H groups in total. The molecule has 6 nitrogen and oxygen atoms in total. The van der Waals surface area contributed by atoms with Crippen LogP contribution in [0.4, 0.5) is 5.82 Å². The SMILES string of the molecule is CCCc1cc(C(=O)NC2CCOC2)cc(NN)n1. The van der Waals surface area contributed by atoms with Gasteiger partial charge in [0.15, 0.2) is 0 Å². The number of aryl methyl sites for hydroxylation is 1. The number of nitrogens with two attached hydrogens (primary N) is 1. The quantitative estimate of drug-likeness (QED) is 0.541. The molecule has 1 aliphatic rings. The van der Waals surface area contributed by atoms with Crippen molar-refractivity contribution in [3.05, 3.63) is 23.4 Å². The van der Waals surface area contributed by atoms with Gasteiger partial charge in [0.1, 0.15) is 5.82 Å². The van der Waals surface area contributed by atoms with E-state index in [1.807, 2.05) is 6.07 Å². The Bertz CT molecular complexity index is 444. The zero-order valence-electron chi connectivity index (χ0n) is 11.1. The first kappa shape index (κ1) is 13.8. The van der Waals surface area contributed by atoms with Crippen LogP contribution in [0.5, 0.6) is 0 Å². The normalized spacial score (nSPS) is 18.3. The highest BCUT2D eigenvalue weighted by Gasteiger charge is 2.19. The molecule has 0 bridgehead atoms. The van der Waals surface area contributed by atoms with Gasteiger partial charge in [-0.2, -0.15) is 0 Å². The van der Waals surface area contributed by atoms with Crippen molar-refractivity contribution in [2.24, 2.45) is 5.84 Å². The predicted molar refractivity (Wildman–Crippen MR) is 72.7 cm³/mol. The Balaban J connectivity index is 2.12. The topological polar surface area (TPSA) is 89.3 Å². The van der Waals surface area contributed by atoms with Crippen molar-refractivity contribution >= 4 is 11.7 Å². The average molecular weight is 264 g/mol. The van der Waals surface area contributed by atoms with Crippen molar-refractivity contribution in [3.63, 3.8) is 0 Å². The maximum atomic E-state index is 12.2. The molecule has 0 spiro atoms. The number of nitrogens with zero attached hydrogens (tertiary/aromatic N) is 1. The highest BCUT2D eigenvalue weighted by molar-refractivity contribution is 5.95. The van der Waals surface area contributed by atoms with E-state index in [-0.39, 0.29) is 11.9 Å². The summed E-state index contributed by atoms with van der Waals surface area (Å²) in [6.45, 7) is 3.36. The number of nitrogen functional groups attached to an aromatic ring is 1. The highest BCUT2D eigenvalue weighted by atomic mass is 16.5. The minimum atomic E-state index is -0.105. The molecule has 19 heavy (non-hydrogen) atoms. The number of anilines is 1. The fourth-order valence-electron chi connectivity index (χ4n) is 2.09. The van der Waals surface area contributed by atoms with Gasteiger partial charge in [0.25, 0.3) is 5.91 Å². The zero-order valence-corrected chi connectivity index (χ0v) is 11.1. The minimum Gasteiger partial charge on any atom is -0.379 e. The molecule has 104 valence electrons. The van der Waals surface area contributed by atoms with Gasteiger partial charge in [-0.05, 0) is 25.0 Å². The van der Waals surface area contributed by atoms with Crippen LogP contribution in [0.1, 0.15) is 35.8 Å². The number of ether oxygens (including phenoxy) is 1. The Labute approximate surface area is 112 Å². The number of hydrazine groups is 1. The van der Waals surface area contributed by atoms with Crippen LogP contribution < -0.4 is 16.6 Å². The van der Waals surface area contributed by atoms with Gasteiger partial charge in [-0.15, -0.1) is 0 Å².